The van der Waals surface area contributed by atoms with Crippen LogP contribution in [-0.4, -0.2) is 23.9 Å². The first-order valence-corrected chi connectivity index (χ1v) is 8.13. The Labute approximate surface area is 127 Å². The third kappa shape index (κ3) is 3.99. The predicted molar refractivity (Wildman–Crippen MR) is 83.9 cm³/mol. The van der Waals surface area contributed by atoms with E-state index in [4.69, 9.17) is 11.6 Å². The molecule has 1 fully saturated rings. The highest BCUT2D eigenvalue weighted by Crippen LogP contribution is 2.27. The number of amides is 1. The minimum absolute atomic E-state index is 0.0648. The van der Waals surface area contributed by atoms with Gasteiger partial charge >= 0.3 is 0 Å². The van der Waals surface area contributed by atoms with Crippen LogP contribution >= 0.6 is 11.6 Å². The second-order valence-corrected chi connectivity index (χ2v) is 6.12. The number of likely N-dealkylation sites (tertiary alicyclic amines) is 1. The molecule has 1 aliphatic rings. The molecule has 0 saturated carbocycles. The highest BCUT2D eigenvalue weighted by atomic mass is 35.5. The Morgan fingerprint density at radius 1 is 1.30 bits per heavy atom. The number of hydrogen-bond donors (Lipinski definition) is 0. The molecule has 3 heteroatoms. The summed E-state index contributed by atoms with van der Waals surface area (Å²) in [7, 11) is 0. The van der Waals surface area contributed by atoms with E-state index < -0.39 is 5.38 Å². The van der Waals surface area contributed by atoms with Gasteiger partial charge in [-0.3, -0.25) is 4.79 Å². The van der Waals surface area contributed by atoms with Gasteiger partial charge < -0.3 is 4.90 Å². The highest BCUT2D eigenvalue weighted by Gasteiger charge is 2.26. The lowest BCUT2D eigenvalue weighted by Crippen LogP contribution is -2.34. The SMILES string of the molecule is CCCC1CCCN(C(=O)C(Cl)c2ccccc2)CC1. The lowest BCUT2D eigenvalue weighted by Gasteiger charge is -2.23. The first-order chi connectivity index (χ1) is 9.72. The van der Waals surface area contributed by atoms with E-state index in [1.165, 1.54) is 19.3 Å². The van der Waals surface area contributed by atoms with Gasteiger partial charge in [0.15, 0.2) is 0 Å². The van der Waals surface area contributed by atoms with Crippen LogP contribution in [0.2, 0.25) is 0 Å². The Balaban J connectivity index is 1.95. The van der Waals surface area contributed by atoms with Crippen molar-refractivity contribution in [1.29, 1.82) is 0 Å². The van der Waals surface area contributed by atoms with E-state index in [0.29, 0.717) is 0 Å². The standard InChI is InChI=1S/C17H24ClNO/c1-2-7-14-8-6-12-19(13-11-14)17(20)16(18)15-9-4-3-5-10-15/h3-5,9-10,14,16H,2,6-8,11-13H2,1H3. The van der Waals surface area contributed by atoms with Gasteiger partial charge in [0.2, 0.25) is 5.91 Å². The van der Waals surface area contributed by atoms with Gasteiger partial charge in [-0.2, -0.15) is 0 Å². The van der Waals surface area contributed by atoms with Crippen LogP contribution in [0.4, 0.5) is 0 Å². The molecule has 1 aromatic carbocycles. The molecule has 110 valence electrons. The number of carbonyl (C=O) groups is 1. The van der Waals surface area contributed by atoms with Gasteiger partial charge in [-0.1, -0.05) is 50.1 Å². The summed E-state index contributed by atoms with van der Waals surface area (Å²) in [6.45, 7) is 3.95. The van der Waals surface area contributed by atoms with E-state index in [9.17, 15) is 4.79 Å². The van der Waals surface area contributed by atoms with Crippen LogP contribution in [-0.2, 0) is 4.79 Å². The second-order valence-electron chi connectivity index (χ2n) is 5.68. The van der Waals surface area contributed by atoms with Crippen molar-refractivity contribution >= 4 is 17.5 Å². The Kier molecular flexibility index (Phi) is 5.90. The van der Waals surface area contributed by atoms with Gasteiger partial charge in [-0.25, -0.2) is 0 Å². The first kappa shape index (κ1) is 15.4. The fourth-order valence-corrected chi connectivity index (χ4v) is 3.29. The Bertz CT molecular complexity index is 420. The molecule has 1 aliphatic heterocycles. The molecular formula is C17H24ClNO. The fraction of sp³-hybridized carbons (Fsp3) is 0.588. The van der Waals surface area contributed by atoms with Gasteiger partial charge in [-0.05, 0) is 30.7 Å². The number of alkyl halides is 1. The molecule has 1 heterocycles. The summed E-state index contributed by atoms with van der Waals surface area (Å²) in [5.74, 6) is 0.846. The number of nitrogens with zero attached hydrogens (tertiary/aromatic N) is 1. The summed E-state index contributed by atoms with van der Waals surface area (Å²) >= 11 is 6.35. The zero-order valence-corrected chi connectivity index (χ0v) is 13.0. The van der Waals surface area contributed by atoms with Gasteiger partial charge in [0, 0.05) is 13.1 Å². The maximum Gasteiger partial charge on any atom is 0.245 e. The molecule has 0 aromatic heterocycles. The van der Waals surface area contributed by atoms with Crippen molar-refractivity contribution in [2.75, 3.05) is 13.1 Å². The van der Waals surface area contributed by atoms with E-state index in [0.717, 1.165) is 37.4 Å². The summed E-state index contributed by atoms with van der Waals surface area (Å²) < 4.78 is 0. The van der Waals surface area contributed by atoms with Crippen LogP contribution in [0.5, 0.6) is 0 Å². The van der Waals surface area contributed by atoms with Crippen molar-refractivity contribution < 1.29 is 4.79 Å². The van der Waals surface area contributed by atoms with Crippen LogP contribution in [0.25, 0.3) is 0 Å². The molecule has 2 atom stereocenters. The number of benzene rings is 1. The number of carbonyl (C=O) groups excluding carboxylic acids is 1. The third-order valence-corrected chi connectivity index (χ3v) is 4.60. The molecule has 0 radical (unpaired) electrons. The minimum Gasteiger partial charge on any atom is -0.341 e. The zero-order chi connectivity index (χ0) is 14.4. The van der Waals surface area contributed by atoms with Crippen LogP contribution in [0.3, 0.4) is 0 Å². The largest absolute Gasteiger partial charge is 0.341 e. The van der Waals surface area contributed by atoms with E-state index in [1.54, 1.807) is 0 Å². The van der Waals surface area contributed by atoms with Gasteiger partial charge in [0.1, 0.15) is 5.38 Å². The normalized spacial score (nSPS) is 21.3. The number of rotatable bonds is 4. The zero-order valence-electron chi connectivity index (χ0n) is 12.2. The van der Waals surface area contributed by atoms with Crippen molar-refractivity contribution in [3.05, 3.63) is 35.9 Å². The molecular weight excluding hydrogens is 270 g/mol. The quantitative estimate of drug-likeness (QED) is 0.754. The smallest absolute Gasteiger partial charge is 0.245 e. The van der Waals surface area contributed by atoms with Gasteiger partial charge in [-0.15, -0.1) is 11.6 Å². The van der Waals surface area contributed by atoms with Crippen molar-refractivity contribution in [1.82, 2.24) is 4.90 Å². The molecule has 0 aliphatic carbocycles. The van der Waals surface area contributed by atoms with E-state index in [-0.39, 0.29) is 5.91 Å². The maximum absolute atomic E-state index is 12.5. The van der Waals surface area contributed by atoms with Crippen molar-refractivity contribution in [2.45, 2.75) is 44.4 Å². The van der Waals surface area contributed by atoms with Crippen LogP contribution in [0.1, 0.15) is 50.0 Å². The summed E-state index contributed by atoms with van der Waals surface area (Å²) in [5.41, 5.74) is 0.897. The number of hydrogen-bond acceptors (Lipinski definition) is 1. The highest BCUT2D eigenvalue weighted by molar-refractivity contribution is 6.30. The summed E-state index contributed by atoms with van der Waals surface area (Å²) in [6, 6.07) is 9.65. The summed E-state index contributed by atoms with van der Waals surface area (Å²) in [5, 5.41) is -0.543. The number of halogens is 1. The average molecular weight is 294 g/mol. The minimum atomic E-state index is -0.543. The molecule has 2 unspecified atom stereocenters. The predicted octanol–water partition coefficient (Wildman–Crippen LogP) is 4.40. The Morgan fingerprint density at radius 3 is 2.75 bits per heavy atom. The maximum atomic E-state index is 12.5. The van der Waals surface area contributed by atoms with Crippen LogP contribution in [0.15, 0.2) is 30.3 Å². The van der Waals surface area contributed by atoms with E-state index >= 15 is 0 Å². The fourth-order valence-electron chi connectivity index (χ4n) is 3.01. The van der Waals surface area contributed by atoms with Crippen LogP contribution < -0.4 is 0 Å². The average Bonchev–Trinajstić information content (AvgIpc) is 2.73. The monoisotopic (exact) mass is 293 g/mol. The van der Waals surface area contributed by atoms with Crippen molar-refractivity contribution in [3.8, 4) is 0 Å². The Morgan fingerprint density at radius 2 is 2.05 bits per heavy atom. The molecule has 2 rings (SSSR count). The lowest BCUT2D eigenvalue weighted by atomic mass is 9.96. The molecule has 0 bridgehead atoms. The van der Waals surface area contributed by atoms with E-state index in [1.807, 2.05) is 35.2 Å². The van der Waals surface area contributed by atoms with Crippen molar-refractivity contribution in [3.63, 3.8) is 0 Å². The molecule has 20 heavy (non-hydrogen) atoms. The Hall–Kier alpha value is -1.02. The molecule has 1 saturated heterocycles. The van der Waals surface area contributed by atoms with Gasteiger partial charge in [0.05, 0.1) is 0 Å². The summed E-state index contributed by atoms with van der Waals surface area (Å²) in [4.78, 5) is 14.5. The lowest BCUT2D eigenvalue weighted by molar-refractivity contribution is -0.130. The van der Waals surface area contributed by atoms with Gasteiger partial charge in [0.25, 0.3) is 0 Å². The van der Waals surface area contributed by atoms with E-state index in [2.05, 4.69) is 6.92 Å². The molecule has 1 amide bonds. The summed E-state index contributed by atoms with van der Waals surface area (Å²) in [6.07, 6.45) is 5.99. The molecule has 0 N–H and O–H groups in total. The molecule has 2 nitrogen and oxygen atoms in total. The first-order valence-electron chi connectivity index (χ1n) is 7.70. The third-order valence-electron chi connectivity index (χ3n) is 4.17. The molecule has 0 spiro atoms. The topological polar surface area (TPSA) is 20.3 Å². The second kappa shape index (κ2) is 7.68. The molecule has 1 aromatic rings. The van der Waals surface area contributed by atoms with Crippen LogP contribution in [0, 0.1) is 5.92 Å². The van der Waals surface area contributed by atoms with Crippen molar-refractivity contribution in [2.24, 2.45) is 5.92 Å².